The van der Waals surface area contributed by atoms with Crippen molar-refractivity contribution in [3.63, 3.8) is 0 Å². The fourth-order valence-corrected chi connectivity index (χ4v) is 1.54. The number of para-hydroxylation sites is 1. The van der Waals surface area contributed by atoms with Crippen molar-refractivity contribution in [2.24, 2.45) is 0 Å². The molecule has 1 aromatic heterocycles. The molecule has 0 radical (unpaired) electrons. The summed E-state index contributed by atoms with van der Waals surface area (Å²) in [5.74, 6) is -0.969. The van der Waals surface area contributed by atoms with Gasteiger partial charge in [-0.25, -0.2) is 4.79 Å². The number of carboxylic acid groups (broad SMARTS) is 1. The summed E-state index contributed by atoms with van der Waals surface area (Å²) < 4.78 is 0. The van der Waals surface area contributed by atoms with Gasteiger partial charge in [0, 0.05) is 11.9 Å². The van der Waals surface area contributed by atoms with Gasteiger partial charge in [-0.1, -0.05) is 25.6 Å². The number of hydrogen-bond donors (Lipinski definition) is 2. The predicted molar refractivity (Wildman–Crippen MR) is 72.4 cm³/mol. The van der Waals surface area contributed by atoms with Crippen LogP contribution >= 0.6 is 0 Å². The first kappa shape index (κ1) is 13.7. The number of benzene rings is 1. The van der Waals surface area contributed by atoms with Crippen LogP contribution in [0.1, 0.15) is 23.3 Å². The summed E-state index contributed by atoms with van der Waals surface area (Å²) in [6.45, 7) is 1.96. The molecule has 0 amide bonds. The molecule has 0 saturated carbocycles. The molecular formula is C14H16N2O2. The maximum Gasteiger partial charge on any atom is 0.337 e. The Bertz CT molecular complexity index is 553. The highest BCUT2D eigenvalue weighted by molar-refractivity contribution is 5.94. The van der Waals surface area contributed by atoms with Crippen LogP contribution in [0.25, 0.3) is 0 Å². The average molecular weight is 244 g/mol. The number of carboxylic acids is 1. The Labute approximate surface area is 106 Å². The molecule has 0 atom stereocenters. The van der Waals surface area contributed by atoms with Gasteiger partial charge >= 0.3 is 5.97 Å². The lowest BCUT2D eigenvalue weighted by molar-refractivity contribution is 0.0698. The third-order valence-electron chi connectivity index (χ3n) is 2.47. The van der Waals surface area contributed by atoms with E-state index in [0.717, 1.165) is 11.3 Å². The van der Waals surface area contributed by atoms with Crippen LogP contribution in [0.5, 0.6) is 0 Å². The second-order valence-corrected chi connectivity index (χ2v) is 3.67. The zero-order chi connectivity index (χ0) is 12.3. The Balaban J connectivity index is 0.00000162. The number of pyridine rings is 1. The zero-order valence-electron chi connectivity index (χ0n) is 9.34. The highest BCUT2D eigenvalue weighted by Crippen LogP contribution is 2.22. The SMILES string of the molecule is C.Cc1ccccc1Nc1cnccc1C(=O)O. The fraction of sp³-hybridized carbons (Fsp3) is 0.143. The molecule has 0 aliphatic heterocycles. The van der Waals surface area contributed by atoms with Crippen molar-refractivity contribution < 1.29 is 9.90 Å². The van der Waals surface area contributed by atoms with Crippen molar-refractivity contribution in [1.82, 2.24) is 4.98 Å². The van der Waals surface area contributed by atoms with Crippen molar-refractivity contribution in [2.75, 3.05) is 5.32 Å². The van der Waals surface area contributed by atoms with Crippen LogP contribution in [0, 0.1) is 6.92 Å². The minimum absolute atomic E-state index is 0. The van der Waals surface area contributed by atoms with Crippen LogP contribution in [-0.2, 0) is 0 Å². The van der Waals surface area contributed by atoms with E-state index in [1.54, 1.807) is 0 Å². The topological polar surface area (TPSA) is 62.2 Å². The second-order valence-electron chi connectivity index (χ2n) is 3.67. The number of aryl methyl sites for hydroxylation is 1. The molecule has 1 heterocycles. The standard InChI is InChI=1S/C13H12N2O2.CH4/c1-9-4-2-3-5-11(9)15-12-8-14-7-6-10(12)13(16)17;/h2-8,15H,1H3,(H,16,17);1H4. The fourth-order valence-electron chi connectivity index (χ4n) is 1.54. The smallest absolute Gasteiger partial charge is 0.337 e. The van der Waals surface area contributed by atoms with Crippen LogP contribution in [0.4, 0.5) is 11.4 Å². The van der Waals surface area contributed by atoms with Crippen molar-refractivity contribution >= 4 is 17.3 Å². The lowest BCUT2D eigenvalue weighted by atomic mass is 10.1. The van der Waals surface area contributed by atoms with Gasteiger partial charge < -0.3 is 10.4 Å². The van der Waals surface area contributed by atoms with Crippen molar-refractivity contribution in [2.45, 2.75) is 14.4 Å². The quantitative estimate of drug-likeness (QED) is 0.867. The Kier molecular flexibility index (Phi) is 4.43. The molecule has 94 valence electrons. The molecule has 2 N–H and O–H groups in total. The van der Waals surface area contributed by atoms with Crippen LogP contribution in [0.3, 0.4) is 0 Å². The van der Waals surface area contributed by atoms with E-state index in [1.807, 2.05) is 31.2 Å². The van der Waals surface area contributed by atoms with Gasteiger partial charge in [-0.3, -0.25) is 4.98 Å². The largest absolute Gasteiger partial charge is 0.478 e. The van der Waals surface area contributed by atoms with Crippen LogP contribution < -0.4 is 5.32 Å². The number of carbonyl (C=O) groups is 1. The molecule has 0 saturated heterocycles. The van der Waals surface area contributed by atoms with Gasteiger partial charge in [-0.2, -0.15) is 0 Å². The Morgan fingerprint density at radius 2 is 1.94 bits per heavy atom. The molecule has 4 nitrogen and oxygen atoms in total. The number of aromatic carboxylic acids is 1. The van der Waals surface area contributed by atoms with Crippen LogP contribution in [0.15, 0.2) is 42.7 Å². The summed E-state index contributed by atoms with van der Waals surface area (Å²) in [5.41, 5.74) is 2.63. The molecule has 0 spiro atoms. The minimum atomic E-state index is -0.969. The number of nitrogens with zero attached hydrogens (tertiary/aromatic N) is 1. The molecular weight excluding hydrogens is 228 g/mol. The molecule has 0 fully saturated rings. The highest BCUT2D eigenvalue weighted by Gasteiger charge is 2.10. The summed E-state index contributed by atoms with van der Waals surface area (Å²) in [6, 6.07) is 9.16. The third-order valence-corrected chi connectivity index (χ3v) is 2.47. The maximum absolute atomic E-state index is 11.0. The lowest BCUT2D eigenvalue weighted by Gasteiger charge is -2.10. The van der Waals surface area contributed by atoms with Crippen molar-refractivity contribution in [3.8, 4) is 0 Å². The normalized spacial score (nSPS) is 9.39. The van der Waals surface area contributed by atoms with Gasteiger partial charge in [0.25, 0.3) is 0 Å². The molecule has 4 heteroatoms. The van der Waals surface area contributed by atoms with E-state index in [2.05, 4.69) is 10.3 Å². The van der Waals surface area contributed by atoms with Gasteiger partial charge in [0.2, 0.25) is 0 Å². The van der Waals surface area contributed by atoms with Gasteiger partial charge in [-0.05, 0) is 24.6 Å². The zero-order valence-corrected chi connectivity index (χ0v) is 9.34. The van der Waals surface area contributed by atoms with Gasteiger partial charge in [0.1, 0.15) is 0 Å². The van der Waals surface area contributed by atoms with E-state index in [-0.39, 0.29) is 13.0 Å². The van der Waals surface area contributed by atoms with Gasteiger partial charge in [0.05, 0.1) is 17.4 Å². The number of hydrogen-bond acceptors (Lipinski definition) is 3. The minimum Gasteiger partial charge on any atom is -0.478 e. The van der Waals surface area contributed by atoms with Gasteiger partial charge in [-0.15, -0.1) is 0 Å². The molecule has 2 aromatic rings. The maximum atomic E-state index is 11.0. The second kappa shape index (κ2) is 5.82. The summed E-state index contributed by atoms with van der Waals surface area (Å²) in [4.78, 5) is 15.0. The lowest BCUT2D eigenvalue weighted by Crippen LogP contribution is -2.03. The predicted octanol–water partition coefficient (Wildman–Crippen LogP) is 3.47. The first-order chi connectivity index (χ1) is 8.18. The number of rotatable bonds is 3. The molecule has 0 aliphatic carbocycles. The first-order valence-corrected chi connectivity index (χ1v) is 5.18. The third kappa shape index (κ3) is 2.85. The van der Waals surface area contributed by atoms with E-state index in [9.17, 15) is 4.79 Å². The van der Waals surface area contributed by atoms with E-state index in [0.29, 0.717) is 5.69 Å². The molecule has 18 heavy (non-hydrogen) atoms. The van der Waals surface area contributed by atoms with E-state index < -0.39 is 5.97 Å². The number of aromatic nitrogens is 1. The van der Waals surface area contributed by atoms with E-state index in [1.165, 1.54) is 18.5 Å². The molecule has 2 rings (SSSR count). The number of anilines is 2. The first-order valence-electron chi connectivity index (χ1n) is 5.18. The average Bonchev–Trinajstić information content (AvgIpc) is 2.32. The van der Waals surface area contributed by atoms with Crippen molar-refractivity contribution in [1.29, 1.82) is 0 Å². The summed E-state index contributed by atoms with van der Waals surface area (Å²) >= 11 is 0. The van der Waals surface area contributed by atoms with Crippen LogP contribution in [-0.4, -0.2) is 16.1 Å². The Hall–Kier alpha value is -2.36. The van der Waals surface area contributed by atoms with E-state index in [4.69, 9.17) is 5.11 Å². The summed E-state index contributed by atoms with van der Waals surface area (Å²) in [6.07, 6.45) is 2.97. The molecule has 0 aliphatic rings. The van der Waals surface area contributed by atoms with Crippen LogP contribution in [0.2, 0.25) is 0 Å². The van der Waals surface area contributed by atoms with E-state index >= 15 is 0 Å². The Morgan fingerprint density at radius 1 is 1.22 bits per heavy atom. The monoisotopic (exact) mass is 244 g/mol. The molecule has 1 aromatic carbocycles. The Morgan fingerprint density at radius 3 is 2.61 bits per heavy atom. The highest BCUT2D eigenvalue weighted by atomic mass is 16.4. The van der Waals surface area contributed by atoms with Gasteiger partial charge in [0.15, 0.2) is 0 Å². The van der Waals surface area contributed by atoms with Crippen molar-refractivity contribution in [3.05, 3.63) is 53.9 Å². The summed E-state index contributed by atoms with van der Waals surface area (Å²) in [5, 5.41) is 12.1. The summed E-state index contributed by atoms with van der Waals surface area (Å²) in [7, 11) is 0. The number of nitrogens with one attached hydrogen (secondary N) is 1. The molecule has 0 unspecified atom stereocenters. The molecule has 0 bridgehead atoms.